The van der Waals surface area contributed by atoms with Crippen LogP contribution in [0.4, 0.5) is 5.82 Å². The maximum atomic E-state index is 5.73. The number of anilines is 1. The van der Waals surface area contributed by atoms with Crippen molar-refractivity contribution < 1.29 is 0 Å². The quantitative estimate of drug-likeness (QED) is 0.752. The number of aromatic nitrogens is 4. The van der Waals surface area contributed by atoms with Crippen molar-refractivity contribution in [1.29, 1.82) is 0 Å². The highest BCUT2D eigenvalue weighted by molar-refractivity contribution is 7.99. The van der Waals surface area contributed by atoms with Gasteiger partial charge in [0, 0.05) is 11.9 Å². The average Bonchev–Trinajstić information content (AvgIpc) is 2.45. The van der Waals surface area contributed by atoms with Crippen molar-refractivity contribution >= 4 is 17.6 Å². The topological polar surface area (TPSA) is 80.5 Å². The van der Waals surface area contributed by atoms with Crippen molar-refractivity contribution in [2.45, 2.75) is 24.0 Å². The molecule has 0 fully saturated rings. The van der Waals surface area contributed by atoms with Crippen molar-refractivity contribution in [2.75, 3.05) is 5.73 Å². The molecule has 0 aliphatic rings. The first-order valence-corrected chi connectivity index (χ1v) is 5.26. The molecule has 0 spiro atoms. The summed E-state index contributed by atoms with van der Waals surface area (Å²) < 4.78 is 0. The van der Waals surface area contributed by atoms with Crippen molar-refractivity contribution in [1.82, 2.24) is 19.9 Å². The Bertz CT molecular complexity index is 479. The van der Waals surface area contributed by atoms with Crippen LogP contribution in [0.15, 0.2) is 22.4 Å². The van der Waals surface area contributed by atoms with Gasteiger partial charge in [-0.3, -0.25) is 0 Å². The van der Waals surface area contributed by atoms with Crippen molar-refractivity contribution in [3.05, 3.63) is 23.8 Å². The first-order chi connectivity index (χ1) is 7.15. The smallest absolute Gasteiger partial charge is 0.194 e. The number of hydrogen-bond acceptors (Lipinski definition) is 5. The number of nitrogens with one attached hydrogen (secondary N) is 1. The lowest BCUT2D eigenvalue weighted by atomic mass is 10.5. The van der Waals surface area contributed by atoms with Gasteiger partial charge in [0.15, 0.2) is 5.16 Å². The highest BCUT2D eigenvalue weighted by Gasteiger charge is 2.08. The van der Waals surface area contributed by atoms with Crippen LogP contribution in [-0.4, -0.2) is 19.9 Å². The van der Waals surface area contributed by atoms with Crippen LogP contribution in [0.2, 0.25) is 0 Å². The van der Waals surface area contributed by atoms with Gasteiger partial charge in [-0.1, -0.05) is 0 Å². The fraction of sp³-hybridized carbons (Fsp3) is 0.222. The number of H-pyrrole nitrogens is 1. The summed E-state index contributed by atoms with van der Waals surface area (Å²) in [6.45, 7) is 3.78. The van der Waals surface area contributed by atoms with E-state index >= 15 is 0 Å². The second-order valence-corrected chi connectivity index (χ2v) is 4.08. The van der Waals surface area contributed by atoms with E-state index < -0.39 is 0 Å². The number of imidazole rings is 1. The lowest BCUT2D eigenvalue weighted by Gasteiger charge is -1.97. The molecule has 0 saturated heterocycles. The summed E-state index contributed by atoms with van der Waals surface area (Å²) in [4.78, 5) is 15.6. The van der Waals surface area contributed by atoms with Gasteiger partial charge in [0.2, 0.25) is 0 Å². The largest absolute Gasteiger partial charge is 0.383 e. The summed E-state index contributed by atoms with van der Waals surface area (Å²) in [5, 5.41) is 1.38. The molecule has 78 valence electrons. The summed E-state index contributed by atoms with van der Waals surface area (Å²) in [7, 11) is 0. The molecule has 2 aromatic heterocycles. The first-order valence-electron chi connectivity index (χ1n) is 4.45. The van der Waals surface area contributed by atoms with Crippen molar-refractivity contribution in [3.8, 4) is 0 Å². The number of nitrogens with two attached hydrogens (primary N) is 1. The van der Waals surface area contributed by atoms with Gasteiger partial charge in [0.1, 0.15) is 16.7 Å². The van der Waals surface area contributed by atoms with Gasteiger partial charge >= 0.3 is 0 Å². The van der Waals surface area contributed by atoms with Crippen LogP contribution in [0.5, 0.6) is 0 Å². The van der Waals surface area contributed by atoms with Crippen LogP contribution in [-0.2, 0) is 0 Å². The Morgan fingerprint density at radius 2 is 2.13 bits per heavy atom. The Morgan fingerprint density at radius 3 is 2.73 bits per heavy atom. The third-order valence-electron chi connectivity index (χ3n) is 1.78. The molecule has 5 nitrogen and oxygen atoms in total. The molecule has 0 atom stereocenters. The molecular weight excluding hydrogens is 210 g/mol. The van der Waals surface area contributed by atoms with Gasteiger partial charge in [-0.05, 0) is 31.7 Å². The molecule has 15 heavy (non-hydrogen) atoms. The zero-order valence-corrected chi connectivity index (χ0v) is 9.30. The first kappa shape index (κ1) is 9.97. The van der Waals surface area contributed by atoms with Gasteiger partial charge in [-0.15, -0.1) is 0 Å². The minimum atomic E-state index is 0.558. The average molecular weight is 221 g/mol. The van der Waals surface area contributed by atoms with Crippen LogP contribution < -0.4 is 5.73 Å². The summed E-state index contributed by atoms with van der Waals surface area (Å²) in [6.07, 6.45) is 1.72. The molecule has 0 saturated carbocycles. The molecule has 0 radical (unpaired) electrons. The minimum Gasteiger partial charge on any atom is -0.383 e. The van der Waals surface area contributed by atoms with E-state index in [-0.39, 0.29) is 0 Å². The van der Waals surface area contributed by atoms with Crippen molar-refractivity contribution in [2.24, 2.45) is 0 Å². The van der Waals surface area contributed by atoms with E-state index in [4.69, 9.17) is 5.73 Å². The van der Waals surface area contributed by atoms with E-state index in [2.05, 4.69) is 19.9 Å². The minimum absolute atomic E-state index is 0.558. The Kier molecular flexibility index (Phi) is 2.59. The van der Waals surface area contributed by atoms with Crippen LogP contribution in [0.3, 0.4) is 0 Å². The number of aryl methyl sites for hydroxylation is 2. The maximum absolute atomic E-state index is 5.73. The number of rotatable bonds is 2. The molecule has 0 aromatic carbocycles. The van der Waals surface area contributed by atoms with E-state index in [0.29, 0.717) is 11.0 Å². The Morgan fingerprint density at radius 1 is 1.33 bits per heavy atom. The predicted octanol–water partition coefficient (Wildman–Crippen LogP) is 1.55. The normalized spacial score (nSPS) is 10.5. The number of nitrogen functional groups attached to an aromatic ring is 1. The Labute approximate surface area is 91.5 Å². The second kappa shape index (κ2) is 3.90. The van der Waals surface area contributed by atoms with Gasteiger partial charge in [-0.25, -0.2) is 15.0 Å². The highest BCUT2D eigenvalue weighted by Crippen LogP contribution is 2.27. The maximum Gasteiger partial charge on any atom is 0.194 e. The molecular formula is C9H11N5S. The fourth-order valence-corrected chi connectivity index (χ4v) is 1.95. The lowest BCUT2D eigenvalue weighted by Crippen LogP contribution is -1.90. The zero-order chi connectivity index (χ0) is 10.8. The molecule has 2 heterocycles. The molecule has 2 aromatic rings. The van der Waals surface area contributed by atoms with Gasteiger partial charge in [0.25, 0.3) is 0 Å². The molecule has 0 amide bonds. The van der Waals surface area contributed by atoms with E-state index in [1.54, 1.807) is 6.20 Å². The SMILES string of the molecule is Cc1ccnc(Sc2nc(C)[nH]c2N)n1. The van der Waals surface area contributed by atoms with Crippen LogP contribution >= 0.6 is 11.8 Å². The van der Waals surface area contributed by atoms with Crippen molar-refractivity contribution in [3.63, 3.8) is 0 Å². The second-order valence-electron chi connectivity index (χ2n) is 3.12. The molecule has 3 N–H and O–H groups in total. The number of nitrogens with zero attached hydrogens (tertiary/aromatic N) is 3. The molecule has 0 aliphatic carbocycles. The highest BCUT2D eigenvalue weighted by atomic mass is 32.2. The fourth-order valence-electron chi connectivity index (χ4n) is 1.13. The number of aromatic amines is 1. The van der Waals surface area contributed by atoms with Gasteiger partial charge < -0.3 is 10.7 Å². The van der Waals surface area contributed by atoms with Crippen LogP contribution in [0.25, 0.3) is 0 Å². The van der Waals surface area contributed by atoms with Gasteiger partial charge in [0.05, 0.1) is 0 Å². The third-order valence-corrected chi connectivity index (χ3v) is 2.66. The van der Waals surface area contributed by atoms with E-state index in [1.165, 1.54) is 11.8 Å². The summed E-state index contributed by atoms with van der Waals surface area (Å²) in [5.41, 5.74) is 6.66. The third kappa shape index (κ3) is 2.27. The zero-order valence-electron chi connectivity index (χ0n) is 8.48. The molecule has 2 rings (SSSR count). The molecule has 6 heteroatoms. The predicted molar refractivity (Wildman–Crippen MR) is 58.6 cm³/mol. The van der Waals surface area contributed by atoms with E-state index in [9.17, 15) is 0 Å². The van der Waals surface area contributed by atoms with E-state index in [1.807, 2.05) is 19.9 Å². The van der Waals surface area contributed by atoms with Crippen LogP contribution in [0, 0.1) is 13.8 Å². The summed E-state index contributed by atoms with van der Waals surface area (Å²) in [5.74, 6) is 1.35. The van der Waals surface area contributed by atoms with Crippen LogP contribution in [0.1, 0.15) is 11.5 Å². The van der Waals surface area contributed by atoms with Gasteiger partial charge in [-0.2, -0.15) is 0 Å². The monoisotopic (exact) mass is 221 g/mol. The number of hydrogen-bond donors (Lipinski definition) is 2. The lowest BCUT2D eigenvalue weighted by molar-refractivity contribution is 0.929. The Balaban J connectivity index is 2.25. The summed E-state index contributed by atoms with van der Waals surface area (Å²) >= 11 is 1.36. The Hall–Kier alpha value is -1.56. The molecule has 0 bridgehead atoms. The molecule has 0 aliphatic heterocycles. The standard InChI is InChI=1S/C9H11N5S/c1-5-3-4-11-9(12-5)15-8-7(10)13-6(2)14-8/h3-4H,10H2,1-2H3,(H,13,14). The van der Waals surface area contributed by atoms with E-state index in [0.717, 1.165) is 16.5 Å². The molecule has 0 unspecified atom stereocenters. The summed E-state index contributed by atoms with van der Waals surface area (Å²) in [6, 6.07) is 1.85.